The topological polar surface area (TPSA) is 193 Å². The predicted octanol–water partition coefficient (Wildman–Crippen LogP) is 6.44. The van der Waals surface area contributed by atoms with Gasteiger partial charge in [0.2, 0.25) is 17.8 Å². The molecule has 374 valence electrons. The van der Waals surface area contributed by atoms with Crippen molar-refractivity contribution in [2.45, 2.75) is 82.7 Å². The lowest BCUT2D eigenvalue weighted by molar-refractivity contribution is -0.192. The average Bonchev–Trinajstić information content (AvgIpc) is 3.61. The molecule has 3 aromatic carbocycles. The summed E-state index contributed by atoms with van der Waals surface area (Å²) in [6, 6.07) is 22.7. The van der Waals surface area contributed by atoms with Crippen LogP contribution in [0.4, 0.5) is 24.8 Å². The normalized spacial score (nSPS) is 19.7. The minimum atomic E-state index is -5.08. The smallest absolute Gasteiger partial charge is 0.487 e. The number of likely N-dealkylation sites (tertiary alicyclic amines) is 1. The second-order valence-electron chi connectivity index (χ2n) is 19.1. The minimum Gasteiger partial charge on any atom is -0.487 e. The van der Waals surface area contributed by atoms with Gasteiger partial charge in [0.15, 0.2) is 0 Å². The third-order valence-corrected chi connectivity index (χ3v) is 14.5. The van der Waals surface area contributed by atoms with E-state index in [4.69, 9.17) is 31.2 Å². The number of nitrogens with zero attached hydrogens (tertiary/aromatic N) is 8. The number of nitrogens with one attached hydrogen (secondary N) is 1. The second-order valence-corrected chi connectivity index (χ2v) is 19.5. The van der Waals surface area contributed by atoms with Crippen molar-refractivity contribution in [2.24, 2.45) is 5.92 Å². The van der Waals surface area contributed by atoms with E-state index >= 15 is 0 Å². The van der Waals surface area contributed by atoms with E-state index in [1.54, 1.807) is 18.2 Å². The first kappa shape index (κ1) is 50.8. The van der Waals surface area contributed by atoms with Crippen LogP contribution < -0.4 is 19.9 Å². The van der Waals surface area contributed by atoms with Gasteiger partial charge < -0.3 is 24.5 Å². The number of alkyl halides is 3. The highest BCUT2D eigenvalue weighted by Gasteiger charge is 2.45. The molecule has 20 heteroatoms. The van der Waals surface area contributed by atoms with Gasteiger partial charge in [0, 0.05) is 80.6 Å². The number of rotatable bonds is 11. The molecular formula is C51H55ClF3N9O7. The Hall–Kier alpha value is -6.62. The third kappa shape index (κ3) is 11.8. The molecule has 0 radical (unpaired) electrons. The Balaban J connectivity index is 0.000000900. The molecule has 71 heavy (non-hydrogen) atoms. The summed E-state index contributed by atoms with van der Waals surface area (Å²) in [4.78, 5) is 79.9. The van der Waals surface area contributed by atoms with E-state index in [0.29, 0.717) is 40.3 Å². The monoisotopic (exact) mass is 997 g/mol. The molecule has 1 atom stereocenters. The molecule has 0 aliphatic carbocycles. The molecule has 1 unspecified atom stereocenters. The lowest BCUT2D eigenvalue weighted by Crippen LogP contribution is -2.54. The van der Waals surface area contributed by atoms with Crippen LogP contribution >= 0.6 is 11.6 Å². The fraction of sp³-hybridized carbons (Fsp3) is 0.451. The Morgan fingerprint density at radius 3 is 2.15 bits per heavy atom. The number of nitriles is 1. The molecule has 9 rings (SSSR count). The van der Waals surface area contributed by atoms with Crippen LogP contribution in [0.15, 0.2) is 72.9 Å². The number of piperidine rings is 3. The van der Waals surface area contributed by atoms with Crippen molar-refractivity contribution >= 4 is 52.8 Å². The molecular weight excluding hydrogens is 943 g/mol. The maximum atomic E-state index is 13.4. The van der Waals surface area contributed by atoms with Crippen molar-refractivity contribution in [2.75, 3.05) is 68.7 Å². The first-order valence-electron chi connectivity index (χ1n) is 23.8. The Morgan fingerprint density at radius 2 is 1.51 bits per heavy atom. The standard InChI is InChI=1S/C49H54ClN9O5.C2HF3O2/c1-49(2,35-25-33(29-51)26-36(50)27-35)34-3-6-40(7-4-34)64-31-37-11-16-52-48(53-37)58-23-21-57(22-24-58)38-14-17-55(18-15-38)30-32-12-19-56(20-13-32)39-5-8-41-42(28-39)47(63)59(46(41)62)43-9-10-44(60)54-45(43)61;3-2(4,5)1(6)7/h3-8,11,16,25-28,32,38,43H,9-10,12-15,17-24,30-31H2,1-2H3,(H,54,60,61);(H,6,7). The molecule has 5 aliphatic heterocycles. The maximum Gasteiger partial charge on any atom is 0.490 e. The molecule has 0 spiro atoms. The number of carboxylic acids is 1. The molecule has 4 saturated heterocycles. The number of aromatic nitrogens is 2. The zero-order chi connectivity index (χ0) is 50.6. The Labute approximate surface area is 414 Å². The highest BCUT2D eigenvalue weighted by Crippen LogP contribution is 2.36. The summed E-state index contributed by atoms with van der Waals surface area (Å²) < 4.78 is 37.9. The van der Waals surface area contributed by atoms with Gasteiger partial charge in [-0.3, -0.25) is 34.3 Å². The number of halogens is 4. The summed E-state index contributed by atoms with van der Waals surface area (Å²) in [5, 5.41) is 19.4. The molecule has 6 heterocycles. The number of carbonyl (C=O) groups excluding carboxylic acids is 4. The summed E-state index contributed by atoms with van der Waals surface area (Å²) in [7, 11) is 0. The molecule has 0 saturated carbocycles. The van der Waals surface area contributed by atoms with Crippen molar-refractivity contribution in [3.05, 3.63) is 111 Å². The number of benzene rings is 3. The van der Waals surface area contributed by atoms with Gasteiger partial charge in [-0.2, -0.15) is 18.4 Å². The van der Waals surface area contributed by atoms with Gasteiger partial charge >= 0.3 is 12.1 Å². The van der Waals surface area contributed by atoms with Crippen molar-refractivity contribution < 1.29 is 47.0 Å². The van der Waals surface area contributed by atoms with Gasteiger partial charge in [0.1, 0.15) is 18.4 Å². The van der Waals surface area contributed by atoms with Gasteiger partial charge in [-0.15, -0.1) is 0 Å². The lowest BCUT2D eigenvalue weighted by Gasteiger charge is -2.43. The summed E-state index contributed by atoms with van der Waals surface area (Å²) >= 11 is 6.31. The Bertz CT molecular complexity index is 2690. The highest BCUT2D eigenvalue weighted by molar-refractivity contribution is 6.30. The van der Waals surface area contributed by atoms with E-state index in [1.807, 2.05) is 42.6 Å². The number of carboxylic acid groups (broad SMARTS) is 1. The third-order valence-electron chi connectivity index (χ3n) is 14.2. The van der Waals surface area contributed by atoms with E-state index in [2.05, 4.69) is 61.9 Å². The summed E-state index contributed by atoms with van der Waals surface area (Å²) in [6.07, 6.45) is 1.44. The molecule has 4 fully saturated rings. The van der Waals surface area contributed by atoms with E-state index in [-0.39, 0.29) is 24.2 Å². The van der Waals surface area contributed by atoms with E-state index < -0.39 is 35.9 Å². The van der Waals surface area contributed by atoms with Crippen molar-refractivity contribution in [3.8, 4) is 11.8 Å². The summed E-state index contributed by atoms with van der Waals surface area (Å²) in [5.41, 5.74) is 4.66. The quantitative estimate of drug-likeness (QED) is 0.156. The largest absolute Gasteiger partial charge is 0.490 e. The number of hydrogen-bond acceptors (Lipinski definition) is 13. The van der Waals surface area contributed by atoms with E-state index in [1.165, 1.54) is 12.8 Å². The number of piperazine rings is 1. The fourth-order valence-corrected chi connectivity index (χ4v) is 10.3. The molecule has 0 bridgehead atoms. The summed E-state index contributed by atoms with van der Waals surface area (Å²) in [5.74, 6) is -2.57. The van der Waals surface area contributed by atoms with Crippen LogP contribution in [0.3, 0.4) is 0 Å². The zero-order valence-corrected chi connectivity index (χ0v) is 40.2. The summed E-state index contributed by atoms with van der Waals surface area (Å²) in [6.45, 7) is 13.4. The van der Waals surface area contributed by atoms with Crippen LogP contribution in [0.2, 0.25) is 5.02 Å². The number of fused-ring (bicyclic) bond motifs is 1. The first-order valence-corrected chi connectivity index (χ1v) is 24.1. The lowest BCUT2D eigenvalue weighted by atomic mass is 9.78. The van der Waals surface area contributed by atoms with Crippen molar-refractivity contribution in [3.63, 3.8) is 0 Å². The number of anilines is 2. The molecule has 2 N–H and O–H groups in total. The number of amides is 4. The fourth-order valence-electron chi connectivity index (χ4n) is 10.1. The first-order chi connectivity index (χ1) is 33.9. The molecule has 1 aromatic heterocycles. The molecule has 4 aromatic rings. The molecule has 4 amide bonds. The second kappa shape index (κ2) is 21.4. The van der Waals surface area contributed by atoms with Gasteiger partial charge in [0.25, 0.3) is 11.8 Å². The minimum absolute atomic E-state index is 0.102. The number of imide groups is 2. The average molecular weight is 999 g/mol. The van der Waals surface area contributed by atoms with Crippen molar-refractivity contribution in [1.82, 2.24) is 30.0 Å². The number of carbonyl (C=O) groups is 5. The predicted molar refractivity (Wildman–Crippen MR) is 256 cm³/mol. The van der Waals surface area contributed by atoms with Crippen LogP contribution in [-0.2, 0) is 26.4 Å². The number of hydrogen-bond donors (Lipinski definition) is 2. The van der Waals surface area contributed by atoms with Gasteiger partial charge in [-0.25, -0.2) is 14.8 Å². The zero-order valence-electron chi connectivity index (χ0n) is 39.5. The molecule has 5 aliphatic rings. The van der Waals surface area contributed by atoms with E-state index in [9.17, 15) is 37.6 Å². The van der Waals surface area contributed by atoms with Crippen LogP contribution in [0, 0.1) is 17.2 Å². The van der Waals surface area contributed by atoms with E-state index in [0.717, 1.165) is 111 Å². The Morgan fingerprint density at radius 1 is 0.831 bits per heavy atom. The number of ether oxygens (including phenoxy) is 1. The van der Waals surface area contributed by atoms with Crippen LogP contribution in [0.1, 0.15) is 95.5 Å². The van der Waals surface area contributed by atoms with Crippen LogP contribution in [0.25, 0.3) is 0 Å². The van der Waals surface area contributed by atoms with Gasteiger partial charge in [-0.1, -0.05) is 37.6 Å². The van der Waals surface area contributed by atoms with Gasteiger partial charge in [-0.05, 0) is 117 Å². The molecule has 16 nitrogen and oxygen atoms in total. The maximum absolute atomic E-state index is 13.4. The number of aliphatic carboxylic acids is 1. The van der Waals surface area contributed by atoms with Crippen molar-refractivity contribution in [1.29, 1.82) is 5.26 Å². The Kier molecular flexibility index (Phi) is 15.3. The van der Waals surface area contributed by atoms with Gasteiger partial charge in [0.05, 0.1) is 28.5 Å². The van der Waals surface area contributed by atoms with Crippen LogP contribution in [-0.4, -0.2) is 137 Å². The highest BCUT2D eigenvalue weighted by atomic mass is 35.5. The van der Waals surface area contributed by atoms with Crippen LogP contribution in [0.5, 0.6) is 5.75 Å². The SMILES string of the molecule is CC(C)(c1ccc(OCc2ccnc(N3CCN(C4CCN(CC5CCN(c6ccc7c(c6)C(=O)N(C6CCC(=O)NC6=O)C7=O)CC5)CC4)CC3)n2)cc1)c1cc(Cl)cc(C#N)c1.O=C(O)C(F)(F)F.